The van der Waals surface area contributed by atoms with Gasteiger partial charge >= 0.3 is 0 Å². The fourth-order valence-electron chi connectivity index (χ4n) is 2.44. The van der Waals surface area contributed by atoms with Gasteiger partial charge in [-0.2, -0.15) is 0 Å². The number of benzene rings is 1. The van der Waals surface area contributed by atoms with Gasteiger partial charge < -0.3 is 15.1 Å². The summed E-state index contributed by atoms with van der Waals surface area (Å²) in [7, 11) is 0. The summed E-state index contributed by atoms with van der Waals surface area (Å²) < 4.78 is 5.34. The summed E-state index contributed by atoms with van der Waals surface area (Å²) in [6, 6.07) is 14.7. The van der Waals surface area contributed by atoms with E-state index in [1.54, 1.807) is 6.26 Å². The van der Waals surface area contributed by atoms with E-state index in [1.807, 2.05) is 12.1 Å². The highest BCUT2D eigenvalue weighted by Gasteiger charge is 2.15. The first-order valence-corrected chi connectivity index (χ1v) is 8.33. The highest BCUT2D eigenvalue weighted by atomic mass is 127. The Hall–Kier alpha value is -1.50. The number of furan rings is 1. The number of guanidine groups is 1. The van der Waals surface area contributed by atoms with Crippen molar-refractivity contribution < 1.29 is 4.42 Å². The maximum Gasteiger partial charge on any atom is 0.191 e. The first-order chi connectivity index (χ1) is 11.2. The lowest BCUT2D eigenvalue weighted by Crippen LogP contribution is -2.44. The third-order valence-electron chi connectivity index (χ3n) is 3.99. The number of aliphatic imine (C=N–C) groups is 1. The van der Waals surface area contributed by atoms with Crippen molar-refractivity contribution in [3.8, 4) is 0 Å². The molecule has 2 aromatic rings. The molecule has 132 valence electrons. The highest BCUT2D eigenvalue weighted by molar-refractivity contribution is 14.0. The number of halogens is 1. The molecule has 0 saturated heterocycles. The first kappa shape index (κ1) is 20.5. The van der Waals surface area contributed by atoms with Crippen molar-refractivity contribution in [2.75, 3.05) is 13.1 Å². The molecule has 0 spiro atoms. The number of nitrogens with one attached hydrogen (secondary N) is 2. The van der Waals surface area contributed by atoms with Crippen LogP contribution in [0.5, 0.6) is 0 Å². The molecule has 1 heterocycles. The number of rotatable bonds is 7. The van der Waals surface area contributed by atoms with Gasteiger partial charge in [-0.3, -0.25) is 4.99 Å². The Morgan fingerprint density at radius 3 is 2.50 bits per heavy atom. The second-order valence-corrected chi connectivity index (χ2v) is 5.72. The molecule has 0 aliphatic rings. The molecule has 0 amide bonds. The Labute approximate surface area is 162 Å². The Morgan fingerprint density at radius 1 is 1.12 bits per heavy atom. The van der Waals surface area contributed by atoms with Crippen molar-refractivity contribution in [2.24, 2.45) is 4.99 Å². The standard InChI is InChI=1S/C19H27N3O.HI/c1-4-20-19(21-13-12-18-11-8-14-23-18)22-16(3)15(2)17-9-6-5-7-10-17;/h5-11,14-16H,4,12-13H2,1-3H3,(H2,20,21,22);1H. The van der Waals surface area contributed by atoms with E-state index in [-0.39, 0.29) is 24.0 Å². The minimum atomic E-state index is 0. The molecule has 1 aromatic carbocycles. The quantitative estimate of drug-likeness (QED) is 0.385. The van der Waals surface area contributed by atoms with E-state index in [2.05, 4.69) is 66.7 Å². The first-order valence-electron chi connectivity index (χ1n) is 8.33. The van der Waals surface area contributed by atoms with Crippen LogP contribution in [-0.2, 0) is 6.42 Å². The van der Waals surface area contributed by atoms with Crippen LogP contribution in [0.2, 0.25) is 0 Å². The van der Waals surface area contributed by atoms with Crippen LogP contribution in [-0.4, -0.2) is 25.1 Å². The lowest BCUT2D eigenvalue weighted by Gasteiger charge is -2.24. The number of nitrogens with zero attached hydrogens (tertiary/aromatic N) is 1. The van der Waals surface area contributed by atoms with Crippen LogP contribution in [0.4, 0.5) is 0 Å². The molecule has 2 rings (SSSR count). The van der Waals surface area contributed by atoms with Crippen LogP contribution < -0.4 is 10.6 Å². The van der Waals surface area contributed by atoms with Gasteiger partial charge in [-0.15, -0.1) is 24.0 Å². The van der Waals surface area contributed by atoms with Crippen LogP contribution in [0.15, 0.2) is 58.1 Å². The monoisotopic (exact) mass is 441 g/mol. The van der Waals surface area contributed by atoms with E-state index in [0.29, 0.717) is 18.5 Å². The van der Waals surface area contributed by atoms with Crippen molar-refractivity contribution in [1.29, 1.82) is 0 Å². The summed E-state index contributed by atoms with van der Waals surface area (Å²) >= 11 is 0. The van der Waals surface area contributed by atoms with Crippen molar-refractivity contribution in [3.05, 3.63) is 60.1 Å². The third-order valence-corrected chi connectivity index (χ3v) is 3.99. The average molecular weight is 441 g/mol. The van der Waals surface area contributed by atoms with Gasteiger partial charge in [0.25, 0.3) is 0 Å². The van der Waals surface area contributed by atoms with Gasteiger partial charge in [0.2, 0.25) is 0 Å². The SMILES string of the molecule is CCNC(=NCCc1ccco1)NC(C)C(C)c1ccccc1.I. The van der Waals surface area contributed by atoms with Crippen LogP contribution in [0.3, 0.4) is 0 Å². The summed E-state index contributed by atoms with van der Waals surface area (Å²) in [5, 5.41) is 6.81. The van der Waals surface area contributed by atoms with Crippen LogP contribution in [0, 0.1) is 0 Å². The molecule has 0 fully saturated rings. The molecular weight excluding hydrogens is 413 g/mol. The normalized spacial score (nSPS) is 13.7. The van der Waals surface area contributed by atoms with Gasteiger partial charge in [-0.25, -0.2) is 0 Å². The average Bonchev–Trinajstić information content (AvgIpc) is 3.08. The van der Waals surface area contributed by atoms with E-state index < -0.39 is 0 Å². The molecule has 2 unspecified atom stereocenters. The molecule has 2 atom stereocenters. The second kappa shape index (κ2) is 11.1. The van der Waals surface area contributed by atoms with Gasteiger partial charge in [0.05, 0.1) is 6.26 Å². The Kier molecular flexibility index (Phi) is 9.52. The largest absolute Gasteiger partial charge is 0.469 e. The van der Waals surface area contributed by atoms with Gasteiger partial charge in [0.1, 0.15) is 5.76 Å². The summed E-state index contributed by atoms with van der Waals surface area (Å²) in [6.07, 6.45) is 2.51. The predicted molar refractivity (Wildman–Crippen MR) is 111 cm³/mol. The Balaban J connectivity index is 0.00000288. The fourth-order valence-corrected chi connectivity index (χ4v) is 2.44. The van der Waals surface area contributed by atoms with Gasteiger partial charge in [0.15, 0.2) is 5.96 Å². The number of hydrogen-bond acceptors (Lipinski definition) is 2. The third kappa shape index (κ3) is 6.55. The fraction of sp³-hybridized carbons (Fsp3) is 0.421. The molecule has 2 N–H and O–H groups in total. The minimum absolute atomic E-state index is 0. The van der Waals surface area contributed by atoms with Crippen molar-refractivity contribution in [1.82, 2.24) is 10.6 Å². The smallest absolute Gasteiger partial charge is 0.191 e. The molecule has 1 aromatic heterocycles. The summed E-state index contributed by atoms with van der Waals surface area (Å²) in [6.45, 7) is 8.06. The van der Waals surface area contributed by atoms with E-state index in [4.69, 9.17) is 4.42 Å². The van der Waals surface area contributed by atoms with Crippen LogP contribution in [0.25, 0.3) is 0 Å². The van der Waals surface area contributed by atoms with E-state index >= 15 is 0 Å². The van der Waals surface area contributed by atoms with Crippen molar-refractivity contribution in [3.63, 3.8) is 0 Å². The highest BCUT2D eigenvalue weighted by Crippen LogP contribution is 2.18. The number of hydrogen-bond donors (Lipinski definition) is 2. The Morgan fingerprint density at radius 2 is 1.88 bits per heavy atom. The summed E-state index contributed by atoms with van der Waals surface area (Å²) in [5.74, 6) is 2.23. The molecule has 0 saturated carbocycles. The minimum Gasteiger partial charge on any atom is -0.469 e. The topological polar surface area (TPSA) is 49.6 Å². The molecule has 5 heteroatoms. The van der Waals surface area contributed by atoms with E-state index in [1.165, 1.54) is 5.56 Å². The maximum atomic E-state index is 5.34. The van der Waals surface area contributed by atoms with Gasteiger partial charge in [-0.1, -0.05) is 37.3 Å². The maximum absolute atomic E-state index is 5.34. The lowest BCUT2D eigenvalue weighted by atomic mass is 9.94. The van der Waals surface area contributed by atoms with Crippen molar-refractivity contribution in [2.45, 2.75) is 39.2 Å². The second-order valence-electron chi connectivity index (χ2n) is 5.72. The molecule has 4 nitrogen and oxygen atoms in total. The zero-order valence-electron chi connectivity index (χ0n) is 14.7. The zero-order valence-corrected chi connectivity index (χ0v) is 17.0. The predicted octanol–water partition coefficient (Wildman–Crippen LogP) is 4.19. The van der Waals surface area contributed by atoms with Crippen LogP contribution >= 0.6 is 24.0 Å². The summed E-state index contributed by atoms with van der Waals surface area (Å²) in [5.41, 5.74) is 1.33. The van der Waals surface area contributed by atoms with Gasteiger partial charge in [-0.05, 0) is 31.5 Å². The summed E-state index contributed by atoms with van der Waals surface area (Å²) in [4.78, 5) is 4.64. The molecule has 0 radical (unpaired) electrons. The van der Waals surface area contributed by atoms with Crippen molar-refractivity contribution >= 4 is 29.9 Å². The lowest BCUT2D eigenvalue weighted by molar-refractivity contribution is 0.510. The zero-order chi connectivity index (χ0) is 16.5. The van der Waals surface area contributed by atoms with Crippen LogP contribution in [0.1, 0.15) is 38.0 Å². The molecule has 0 aliphatic carbocycles. The van der Waals surface area contributed by atoms with E-state index in [9.17, 15) is 0 Å². The van der Waals surface area contributed by atoms with Gasteiger partial charge in [0, 0.05) is 31.5 Å². The van der Waals surface area contributed by atoms with E-state index in [0.717, 1.165) is 24.7 Å². The molecular formula is C19H28IN3O. The molecule has 0 aliphatic heterocycles. The molecule has 0 bridgehead atoms. The molecule has 24 heavy (non-hydrogen) atoms. The Bertz CT molecular complexity index is 584.